The van der Waals surface area contributed by atoms with Crippen molar-refractivity contribution in [2.45, 2.75) is 13.0 Å². The van der Waals surface area contributed by atoms with Crippen LogP contribution in [0.4, 0.5) is 0 Å². The standard InChI is InChI=1S/C12H11N3O3S/c1-7(11-13-5-6-19-11)14-10(16)8-3-2-4-9(15-8)12(17)18/h2-7H,1H3,(H,14,16)(H,17,18). The molecule has 2 aromatic heterocycles. The fraction of sp³-hybridized carbons (Fsp3) is 0.167. The fourth-order valence-electron chi connectivity index (χ4n) is 1.46. The van der Waals surface area contributed by atoms with Gasteiger partial charge in [0.05, 0.1) is 6.04 Å². The van der Waals surface area contributed by atoms with Crippen LogP contribution in [0.3, 0.4) is 0 Å². The highest BCUT2D eigenvalue weighted by Crippen LogP contribution is 2.15. The zero-order valence-corrected chi connectivity index (χ0v) is 10.8. The molecule has 1 atom stereocenters. The number of carbonyl (C=O) groups is 2. The summed E-state index contributed by atoms with van der Waals surface area (Å²) < 4.78 is 0. The van der Waals surface area contributed by atoms with Crippen LogP contribution in [0.15, 0.2) is 29.8 Å². The maximum atomic E-state index is 11.9. The van der Waals surface area contributed by atoms with Gasteiger partial charge in [0.15, 0.2) is 0 Å². The summed E-state index contributed by atoms with van der Waals surface area (Å²) in [7, 11) is 0. The second-order valence-electron chi connectivity index (χ2n) is 3.78. The van der Waals surface area contributed by atoms with E-state index < -0.39 is 11.9 Å². The molecule has 2 N–H and O–H groups in total. The zero-order valence-electron chi connectivity index (χ0n) is 10.0. The number of nitrogens with one attached hydrogen (secondary N) is 1. The quantitative estimate of drug-likeness (QED) is 0.887. The Morgan fingerprint density at radius 3 is 2.74 bits per heavy atom. The largest absolute Gasteiger partial charge is 0.477 e. The maximum absolute atomic E-state index is 11.9. The van der Waals surface area contributed by atoms with Crippen molar-refractivity contribution in [1.29, 1.82) is 0 Å². The molecule has 0 aliphatic carbocycles. The van der Waals surface area contributed by atoms with Gasteiger partial charge in [-0.15, -0.1) is 11.3 Å². The molecule has 0 fully saturated rings. The minimum Gasteiger partial charge on any atom is -0.477 e. The second-order valence-corrected chi connectivity index (χ2v) is 4.70. The highest BCUT2D eigenvalue weighted by atomic mass is 32.1. The number of amides is 1. The van der Waals surface area contributed by atoms with Crippen LogP contribution >= 0.6 is 11.3 Å². The van der Waals surface area contributed by atoms with E-state index in [9.17, 15) is 9.59 Å². The van der Waals surface area contributed by atoms with Crippen molar-refractivity contribution in [3.05, 3.63) is 46.2 Å². The summed E-state index contributed by atoms with van der Waals surface area (Å²) in [6, 6.07) is 4.04. The first-order valence-electron chi connectivity index (χ1n) is 5.48. The van der Waals surface area contributed by atoms with Gasteiger partial charge >= 0.3 is 5.97 Å². The number of rotatable bonds is 4. The number of thiazole rings is 1. The van der Waals surface area contributed by atoms with Crippen molar-refractivity contribution in [1.82, 2.24) is 15.3 Å². The lowest BCUT2D eigenvalue weighted by atomic mass is 10.2. The van der Waals surface area contributed by atoms with Crippen molar-refractivity contribution >= 4 is 23.2 Å². The number of nitrogens with zero attached hydrogens (tertiary/aromatic N) is 2. The molecule has 0 radical (unpaired) electrons. The maximum Gasteiger partial charge on any atom is 0.354 e. The number of aromatic nitrogens is 2. The minimum atomic E-state index is -1.16. The van der Waals surface area contributed by atoms with E-state index in [1.54, 1.807) is 13.1 Å². The lowest BCUT2D eigenvalue weighted by Gasteiger charge is -2.10. The first-order valence-corrected chi connectivity index (χ1v) is 6.36. The predicted octanol–water partition coefficient (Wildman–Crippen LogP) is 1.73. The van der Waals surface area contributed by atoms with Gasteiger partial charge in [0, 0.05) is 11.6 Å². The van der Waals surface area contributed by atoms with Crippen molar-refractivity contribution < 1.29 is 14.7 Å². The molecular formula is C12H11N3O3S. The van der Waals surface area contributed by atoms with Crippen molar-refractivity contribution in [2.24, 2.45) is 0 Å². The molecule has 2 aromatic rings. The van der Waals surface area contributed by atoms with Crippen molar-refractivity contribution in [3.8, 4) is 0 Å². The molecule has 0 bridgehead atoms. The molecule has 0 saturated heterocycles. The van der Waals surface area contributed by atoms with Crippen LogP contribution in [0.5, 0.6) is 0 Å². The Bertz CT molecular complexity index is 598. The summed E-state index contributed by atoms with van der Waals surface area (Å²) in [6.45, 7) is 1.80. The Balaban J connectivity index is 2.12. The Kier molecular flexibility index (Phi) is 3.86. The molecule has 2 heterocycles. The highest BCUT2D eigenvalue weighted by Gasteiger charge is 2.15. The molecule has 0 aliphatic heterocycles. The summed E-state index contributed by atoms with van der Waals surface area (Å²) in [5, 5.41) is 14.1. The number of pyridine rings is 1. The van der Waals surface area contributed by atoms with E-state index in [-0.39, 0.29) is 17.4 Å². The molecule has 0 aromatic carbocycles. The van der Waals surface area contributed by atoms with Gasteiger partial charge in [-0.05, 0) is 19.1 Å². The highest BCUT2D eigenvalue weighted by molar-refractivity contribution is 7.09. The molecule has 19 heavy (non-hydrogen) atoms. The molecule has 6 nitrogen and oxygen atoms in total. The first-order chi connectivity index (χ1) is 9.08. The number of carbonyl (C=O) groups excluding carboxylic acids is 1. The average molecular weight is 277 g/mol. The Morgan fingerprint density at radius 1 is 1.37 bits per heavy atom. The monoisotopic (exact) mass is 277 g/mol. The van der Waals surface area contributed by atoms with Crippen LogP contribution in [-0.4, -0.2) is 27.0 Å². The molecule has 0 spiro atoms. The van der Waals surface area contributed by atoms with E-state index in [2.05, 4.69) is 15.3 Å². The van der Waals surface area contributed by atoms with Crippen molar-refractivity contribution in [2.75, 3.05) is 0 Å². The van der Waals surface area contributed by atoms with Gasteiger partial charge in [0.25, 0.3) is 5.91 Å². The summed E-state index contributed by atoms with van der Waals surface area (Å²) in [6.07, 6.45) is 1.66. The van der Waals surface area contributed by atoms with Gasteiger partial charge in [0.1, 0.15) is 16.4 Å². The van der Waals surface area contributed by atoms with Crippen LogP contribution in [0, 0.1) is 0 Å². The molecular weight excluding hydrogens is 266 g/mol. The molecule has 0 aliphatic rings. The number of carboxylic acid groups (broad SMARTS) is 1. The molecule has 1 unspecified atom stereocenters. The summed E-state index contributed by atoms with van der Waals surface area (Å²) in [5.74, 6) is -1.59. The third-order valence-electron chi connectivity index (χ3n) is 2.37. The second kappa shape index (κ2) is 5.57. The number of aromatic carboxylic acids is 1. The Labute approximate surface area is 113 Å². The fourth-order valence-corrected chi connectivity index (χ4v) is 2.11. The summed E-state index contributed by atoms with van der Waals surface area (Å²) >= 11 is 1.44. The molecule has 7 heteroatoms. The van der Waals surface area contributed by atoms with E-state index >= 15 is 0 Å². The van der Waals surface area contributed by atoms with E-state index in [1.165, 1.54) is 29.5 Å². The van der Waals surface area contributed by atoms with Crippen LogP contribution in [-0.2, 0) is 0 Å². The first kappa shape index (κ1) is 13.2. The van der Waals surface area contributed by atoms with Gasteiger partial charge in [0.2, 0.25) is 0 Å². The van der Waals surface area contributed by atoms with Gasteiger partial charge in [-0.1, -0.05) is 6.07 Å². The molecule has 1 amide bonds. The molecule has 2 rings (SSSR count). The van der Waals surface area contributed by atoms with Gasteiger partial charge < -0.3 is 10.4 Å². The van der Waals surface area contributed by atoms with E-state index in [1.807, 2.05) is 5.38 Å². The summed E-state index contributed by atoms with van der Waals surface area (Å²) in [5.41, 5.74) is -0.0853. The lowest BCUT2D eigenvalue weighted by molar-refractivity contribution is 0.0690. The normalized spacial score (nSPS) is 11.8. The lowest BCUT2D eigenvalue weighted by Crippen LogP contribution is -2.27. The number of hydrogen-bond acceptors (Lipinski definition) is 5. The summed E-state index contributed by atoms with van der Waals surface area (Å²) in [4.78, 5) is 30.6. The SMILES string of the molecule is CC(NC(=O)c1cccc(C(=O)O)n1)c1nccs1. The Morgan fingerprint density at radius 2 is 2.11 bits per heavy atom. The van der Waals surface area contributed by atoms with Crippen molar-refractivity contribution in [3.63, 3.8) is 0 Å². The zero-order chi connectivity index (χ0) is 13.8. The smallest absolute Gasteiger partial charge is 0.354 e. The number of carboxylic acids is 1. The van der Waals surface area contributed by atoms with E-state index in [4.69, 9.17) is 5.11 Å². The van der Waals surface area contributed by atoms with Gasteiger partial charge in [-0.2, -0.15) is 0 Å². The van der Waals surface area contributed by atoms with Crippen LogP contribution in [0.1, 0.15) is 39.0 Å². The minimum absolute atomic E-state index is 0.0725. The van der Waals surface area contributed by atoms with Gasteiger partial charge in [-0.3, -0.25) is 4.79 Å². The Hall–Kier alpha value is -2.28. The van der Waals surface area contributed by atoms with Crippen LogP contribution in [0.2, 0.25) is 0 Å². The topological polar surface area (TPSA) is 92.2 Å². The molecule has 0 saturated carbocycles. The third-order valence-corrected chi connectivity index (χ3v) is 3.33. The van der Waals surface area contributed by atoms with E-state index in [0.29, 0.717) is 0 Å². The number of hydrogen-bond donors (Lipinski definition) is 2. The van der Waals surface area contributed by atoms with E-state index in [0.717, 1.165) is 5.01 Å². The van der Waals surface area contributed by atoms with Gasteiger partial charge in [-0.25, -0.2) is 14.8 Å². The molecule has 98 valence electrons. The van der Waals surface area contributed by atoms with Crippen LogP contribution < -0.4 is 5.32 Å². The third kappa shape index (κ3) is 3.14. The predicted molar refractivity (Wildman–Crippen MR) is 69.2 cm³/mol. The average Bonchev–Trinajstić information content (AvgIpc) is 2.92. The van der Waals surface area contributed by atoms with Crippen LogP contribution in [0.25, 0.3) is 0 Å².